The first-order valence-corrected chi connectivity index (χ1v) is 14.3. The molecule has 0 unspecified atom stereocenters. The van der Waals surface area contributed by atoms with Crippen molar-refractivity contribution in [2.45, 2.75) is 78.7 Å². The lowest BCUT2D eigenvalue weighted by Crippen LogP contribution is -2.18. The zero-order chi connectivity index (χ0) is 26.7. The molecule has 2 N–H and O–H groups in total. The minimum atomic E-state index is 0.165. The Bertz CT molecular complexity index is 1200. The molecule has 4 aromatic rings. The minimum absolute atomic E-state index is 0.165. The van der Waals surface area contributed by atoms with Gasteiger partial charge in [-0.1, -0.05) is 73.5 Å². The van der Waals surface area contributed by atoms with Crippen LogP contribution < -0.4 is 20.1 Å². The summed E-state index contributed by atoms with van der Waals surface area (Å²) in [6, 6.07) is 25.7. The molecule has 4 aromatic carbocycles. The van der Waals surface area contributed by atoms with Crippen LogP contribution in [0.1, 0.15) is 64.5 Å². The summed E-state index contributed by atoms with van der Waals surface area (Å²) in [6.07, 6.45) is 5.16. The van der Waals surface area contributed by atoms with E-state index in [0.717, 1.165) is 37.7 Å². The summed E-state index contributed by atoms with van der Waals surface area (Å²) >= 11 is 0. The molecule has 0 aromatic heterocycles. The van der Waals surface area contributed by atoms with Crippen LogP contribution in [-0.2, 0) is 13.1 Å². The first-order valence-electron chi connectivity index (χ1n) is 14.3. The number of benzene rings is 4. The summed E-state index contributed by atoms with van der Waals surface area (Å²) in [4.78, 5) is 0. The number of hydrogen-bond acceptors (Lipinski definition) is 4. The predicted octanol–water partition coefficient (Wildman–Crippen LogP) is 8.01. The second kappa shape index (κ2) is 14.2. The van der Waals surface area contributed by atoms with E-state index < -0.39 is 0 Å². The Kier molecular flexibility index (Phi) is 10.4. The third-order valence-electron chi connectivity index (χ3n) is 6.78. The Morgan fingerprint density at radius 3 is 1.37 bits per heavy atom. The average molecular weight is 513 g/mol. The summed E-state index contributed by atoms with van der Waals surface area (Å²) in [6.45, 7) is 12.0. The molecule has 0 fully saturated rings. The molecule has 4 nitrogen and oxygen atoms in total. The van der Waals surface area contributed by atoms with Crippen LogP contribution in [0.2, 0.25) is 0 Å². The molecule has 0 bridgehead atoms. The van der Waals surface area contributed by atoms with Crippen molar-refractivity contribution in [1.82, 2.24) is 10.6 Å². The number of rotatable bonds is 15. The van der Waals surface area contributed by atoms with Crippen molar-refractivity contribution < 1.29 is 9.47 Å². The maximum atomic E-state index is 6.11. The Hall–Kier alpha value is -3.08. The van der Waals surface area contributed by atoms with Gasteiger partial charge in [0.05, 0.1) is 12.2 Å². The molecule has 0 aliphatic heterocycles. The number of unbranched alkanes of at least 4 members (excludes halogenated alkanes) is 3. The zero-order valence-electron chi connectivity index (χ0n) is 23.6. The van der Waals surface area contributed by atoms with E-state index in [4.69, 9.17) is 9.47 Å². The molecular weight excluding hydrogens is 468 g/mol. The largest absolute Gasteiger partial charge is 0.491 e. The second-order valence-corrected chi connectivity index (χ2v) is 10.6. The Morgan fingerprint density at radius 2 is 0.947 bits per heavy atom. The van der Waals surface area contributed by atoms with E-state index in [9.17, 15) is 0 Å². The van der Waals surface area contributed by atoms with Gasteiger partial charge in [0, 0.05) is 24.2 Å². The molecule has 4 heteroatoms. The van der Waals surface area contributed by atoms with Crippen molar-refractivity contribution in [1.29, 1.82) is 0 Å². The smallest absolute Gasteiger partial charge is 0.124 e. The molecule has 0 saturated heterocycles. The van der Waals surface area contributed by atoms with Gasteiger partial charge in [0.1, 0.15) is 11.5 Å². The lowest BCUT2D eigenvalue weighted by Gasteiger charge is -2.17. The van der Waals surface area contributed by atoms with E-state index >= 15 is 0 Å². The fourth-order valence-corrected chi connectivity index (χ4v) is 5.01. The fraction of sp³-hybridized carbons (Fsp3) is 0.412. The van der Waals surface area contributed by atoms with Gasteiger partial charge in [-0.25, -0.2) is 0 Å². The van der Waals surface area contributed by atoms with E-state index in [1.54, 1.807) is 0 Å². The predicted molar refractivity (Wildman–Crippen MR) is 161 cm³/mol. The average Bonchev–Trinajstić information content (AvgIpc) is 2.90. The lowest BCUT2D eigenvalue weighted by atomic mass is 10.0. The SMILES string of the molecule is CC(C)Oc1ccc2ccccc2c1CNCCCCCCNCc1c(OC(C)C)ccc2ccccc12. The molecule has 0 heterocycles. The first-order chi connectivity index (χ1) is 18.5. The molecule has 0 spiro atoms. The zero-order valence-corrected chi connectivity index (χ0v) is 23.6. The quantitative estimate of drug-likeness (QED) is 0.158. The van der Waals surface area contributed by atoms with Crippen molar-refractivity contribution in [3.63, 3.8) is 0 Å². The molecule has 38 heavy (non-hydrogen) atoms. The minimum Gasteiger partial charge on any atom is -0.491 e. The maximum Gasteiger partial charge on any atom is 0.124 e. The van der Waals surface area contributed by atoms with Crippen LogP contribution in [0.3, 0.4) is 0 Å². The van der Waals surface area contributed by atoms with Crippen molar-refractivity contribution in [3.8, 4) is 11.5 Å². The van der Waals surface area contributed by atoms with Crippen molar-refractivity contribution in [2.24, 2.45) is 0 Å². The Labute approximate surface area is 228 Å². The summed E-state index contributed by atoms with van der Waals surface area (Å²) in [5.41, 5.74) is 2.52. The molecule has 0 amide bonds. The van der Waals surface area contributed by atoms with Crippen molar-refractivity contribution in [3.05, 3.63) is 83.9 Å². The molecule has 0 radical (unpaired) electrons. The van der Waals surface area contributed by atoms with Gasteiger partial charge in [0.25, 0.3) is 0 Å². The topological polar surface area (TPSA) is 42.5 Å². The van der Waals surface area contributed by atoms with Gasteiger partial charge in [0.2, 0.25) is 0 Å². The highest BCUT2D eigenvalue weighted by Gasteiger charge is 2.11. The molecular formula is C34H44N2O2. The Balaban J connectivity index is 1.19. The van der Waals surface area contributed by atoms with Gasteiger partial charge in [-0.2, -0.15) is 0 Å². The fourth-order valence-electron chi connectivity index (χ4n) is 5.01. The van der Waals surface area contributed by atoms with Crippen molar-refractivity contribution >= 4 is 21.5 Å². The number of ether oxygens (including phenoxy) is 2. The molecule has 0 atom stereocenters. The van der Waals surface area contributed by atoms with E-state index in [-0.39, 0.29) is 12.2 Å². The molecule has 0 aliphatic carbocycles. The first kappa shape index (κ1) is 27.9. The maximum absolute atomic E-state index is 6.11. The standard InChI is InChI=1S/C34H44N2O2/c1-25(2)37-33-19-17-27-13-7-9-15-29(27)31(33)23-35-21-11-5-6-12-22-36-24-32-30-16-10-8-14-28(30)18-20-34(32)38-26(3)4/h7-10,13-20,25-26,35-36H,5-6,11-12,21-24H2,1-4H3. The van der Waals surface area contributed by atoms with E-state index in [2.05, 4.69) is 111 Å². The second-order valence-electron chi connectivity index (χ2n) is 10.6. The van der Waals surface area contributed by atoms with Gasteiger partial charge in [-0.3, -0.25) is 0 Å². The number of fused-ring (bicyclic) bond motifs is 2. The highest BCUT2D eigenvalue weighted by Crippen LogP contribution is 2.30. The highest BCUT2D eigenvalue weighted by molar-refractivity contribution is 5.88. The van der Waals surface area contributed by atoms with Crippen LogP contribution in [0, 0.1) is 0 Å². The highest BCUT2D eigenvalue weighted by atomic mass is 16.5. The Morgan fingerprint density at radius 1 is 0.526 bits per heavy atom. The summed E-state index contributed by atoms with van der Waals surface area (Å²) in [7, 11) is 0. The summed E-state index contributed by atoms with van der Waals surface area (Å²) < 4.78 is 12.2. The molecule has 202 valence electrons. The lowest BCUT2D eigenvalue weighted by molar-refractivity contribution is 0.239. The molecule has 0 aliphatic rings. The van der Waals surface area contributed by atoms with Gasteiger partial charge < -0.3 is 20.1 Å². The third kappa shape index (κ3) is 7.72. The normalized spacial score (nSPS) is 11.6. The number of nitrogens with one attached hydrogen (secondary N) is 2. The summed E-state index contributed by atoms with van der Waals surface area (Å²) in [5, 5.41) is 12.4. The number of hydrogen-bond donors (Lipinski definition) is 2. The van der Waals surface area contributed by atoms with Crippen LogP contribution in [0.25, 0.3) is 21.5 Å². The van der Waals surface area contributed by atoms with E-state index in [1.165, 1.54) is 58.4 Å². The van der Waals surface area contributed by atoms with Crippen LogP contribution in [0.5, 0.6) is 11.5 Å². The van der Waals surface area contributed by atoms with Gasteiger partial charge >= 0.3 is 0 Å². The molecule has 0 saturated carbocycles. The summed E-state index contributed by atoms with van der Waals surface area (Å²) in [5.74, 6) is 1.98. The van der Waals surface area contributed by atoms with Crippen LogP contribution in [0.4, 0.5) is 0 Å². The monoisotopic (exact) mass is 512 g/mol. The van der Waals surface area contributed by atoms with Gasteiger partial charge in [-0.15, -0.1) is 0 Å². The van der Waals surface area contributed by atoms with E-state index in [0.29, 0.717) is 0 Å². The van der Waals surface area contributed by atoms with Crippen LogP contribution >= 0.6 is 0 Å². The van der Waals surface area contributed by atoms with Crippen LogP contribution in [0.15, 0.2) is 72.8 Å². The van der Waals surface area contributed by atoms with E-state index in [1.807, 2.05) is 0 Å². The van der Waals surface area contributed by atoms with Gasteiger partial charge in [0.15, 0.2) is 0 Å². The van der Waals surface area contributed by atoms with Crippen molar-refractivity contribution in [2.75, 3.05) is 13.1 Å². The van der Waals surface area contributed by atoms with Crippen LogP contribution in [-0.4, -0.2) is 25.3 Å². The van der Waals surface area contributed by atoms with Gasteiger partial charge in [-0.05, 0) is 87.3 Å². The molecule has 4 rings (SSSR count). The third-order valence-corrected chi connectivity index (χ3v) is 6.78.